The van der Waals surface area contributed by atoms with Gasteiger partial charge in [-0.15, -0.1) is 11.3 Å². The minimum atomic E-state index is -0.697. The third kappa shape index (κ3) is 3.43. The Kier molecular flexibility index (Phi) is 4.24. The van der Waals surface area contributed by atoms with Gasteiger partial charge >= 0.3 is 5.97 Å². The van der Waals surface area contributed by atoms with E-state index in [4.69, 9.17) is 16.7 Å². The van der Waals surface area contributed by atoms with E-state index in [2.05, 4.69) is 9.88 Å². The van der Waals surface area contributed by atoms with Crippen LogP contribution in [0.15, 0.2) is 29.6 Å². The van der Waals surface area contributed by atoms with Gasteiger partial charge in [0.2, 0.25) is 0 Å². The number of aliphatic carboxylic acids is 1. The summed E-state index contributed by atoms with van der Waals surface area (Å²) in [5.74, 6) is -0.933. The van der Waals surface area contributed by atoms with Crippen LogP contribution in [0.4, 0.5) is 0 Å². The predicted molar refractivity (Wildman–Crippen MR) is 83.6 cm³/mol. The Hall–Kier alpha value is -1.43. The zero-order valence-electron chi connectivity index (χ0n) is 11.3. The molecule has 1 unspecified atom stereocenters. The average molecular weight is 323 g/mol. The van der Waals surface area contributed by atoms with Crippen molar-refractivity contribution in [2.24, 2.45) is 5.92 Å². The monoisotopic (exact) mass is 322 g/mol. The number of aromatic nitrogens is 1. The van der Waals surface area contributed by atoms with E-state index < -0.39 is 5.97 Å². The molecule has 3 rings (SSSR count). The van der Waals surface area contributed by atoms with E-state index in [0.29, 0.717) is 18.1 Å². The summed E-state index contributed by atoms with van der Waals surface area (Å²) in [6.45, 7) is 2.15. The topological polar surface area (TPSA) is 53.4 Å². The maximum absolute atomic E-state index is 11.0. The molecule has 110 valence electrons. The first kappa shape index (κ1) is 14.5. The molecule has 1 N–H and O–H groups in total. The quantitative estimate of drug-likeness (QED) is 0.937. The highest BCUT2D eigenvalue weighted by Gasteiger charge is 2.28. The van der Waals surface area contributed by atoms with E-state index in [0.717, 1.165) is 29.2 Å². The third-order valence-corrected chi connectivity index (χ3v) is 4.84. The molecule has 1 aromatic carbocycles. The third-order valence-electron chi connectivity index (χ3n) is 3.65. The van der Waals surface area contributed by atoms with E-state index in [-0.39, 0.29) is 5.92 Å². The smallest absolute Gasteiger partial charge is 0.307 e. The largest absolute Gasteiger partial charge is 0.481 e. The lowest BCUT2D eigenvalue weighted by atomic mass is 10.1. The number of rotatable bonds is 4. The summed E-state index contributed by atoms with van der Waals surface area (Å²) in [4.78, 5) is 17.7. The molecule has 4 nitrogen and oxygen atoms in total. The molecule has 0 saturated carbocycles. The SMILES string of the molecule is O=C(O)C1CCN(Cc2csc(-c3ccc(Cl)cc3)n2)C1. The first-order valence-corrected chi connectivity index (χ1v) is 8.03. The lowest BCUT2D eigenvalue weighted by Gasteiger charge is -2.12. The fraction of sp³-hybridized carbons (Fsp3) is 0.333. The molecule has 6 heteroatoms. The molecular formula is C15H15ClN2O2S. The van der Waals surface area contributed by atoms with Crippen molar-refractivity contribution in [3.05, 3.63) is 40.4 Å². The minimum Gasteiger partial charge on any atom is -0.481 e. The van der Waals surface area contributed by atoms with Gasteiger partial charge in [-0.05, 0) is 25.1 Å². The molecule has 2 heterocycles. The van der Waals surface area contributed by atoms with Crippen LogP contribution < -0.4 is 0 Å². The van der Waals surface area contributed by atoms with Crippen molar-refractivity contribution >= 4 is 28.9 Å². The minimum absolute atomic E-state index is 0.237. The Morgan fingerprint density at radius 3 is 2.86 bits per heavy atom. The summed E-state index contributed by atoms with van der Waals surface area (Å²) in [6.07, 6.45) is 0.726. The first-order chi connectivity index (χ1) is 10.1. The molecule has 1 aliphatic heterocycles. The molecule has 0 amide bonds. The number of halogens is 1. The maximum Gasteiger partial charge on any atom is 0.307 e. The number of thiazole rings is 1. The Bertz CT molecular complexity index is 641. The average Bonchev–Trinajstić information content (AvgIpc) is 3.10. The van der Waals surface area contributed by atoms with E-state index in [9.17, 15) is 4.79 Å². The van der Waals surface area contributed by atoms with Crippen LogP contribution in [0.2, 0.25) is 5.02 Å². The molecule has 0 spiro atoms. The van der Waals surface area contributed by atoms with Crippen LogP contribution in [0.25, 0.3) is 10.6 Å². The van der Waals surface area contributed by atoms with Crippen LogP contribution in [0.1, 0.15) is 12.1 Å². The van der Waals surface area contributed by atoms with Crippen molar-refractivity contribution in [2.45, 2.75) is 13.0 Å². The van der Waals surface area contributed by atoms with Crippen molar-refractivity contribution in [2.75, 3.05) is 13.1 Å². The zero-order valence-corrected chi connectivity index (χ0v) is 12.9. The van der Waals surface area contributed by atoms with Gasteiger partial charge in [0.25, 0.3) is 0 Å². The highest BCUT2D eigenvalue weighted by atomic mass is 35.5. The standard InChI is InChI=1S/C15H15ClN2O2S/c16-12-3-1-10(2-4-12)14-17-13(9-21-14)8-18-6-5-11(7-18)15(19)20/h1-4,9,11H,5-8H2,(H,19,20). The Morgan fingerprint density at radius 2 is 2.19 bits per heavy atom. The van der Waals surface area contributed by atoms with E-state index in [1.165, 1.54) is 0 Å². The second-order valence-electron chi connectivity index (χ2n) is 5.21. The number of nitrogens with zero attached hydrogens (tertiary/aromatic N) is 2. The summed E-state index contributed by atoms with van der Waals surface area (Å²) in [5, 5.41) is 12.7. The number of hydrogen-bond acceptors (Lipinski definition) is 4. The fourth-order valence-electron chi connectivity index (χ4n) is 2.51. The molecular weight excluding hydrogens is 308 g/mol. The van der Waals surface area contributed by atoms with Gasteiger partial charge < -0.3 is 5.11 Å². The van der Waals surface area contributed by atoms with Crippen LogP contribution in [-0.2, 0) is 11.3 Å². The molecule has 1 fully saturated rings. The van der Waals surface area contributed by atoms with Crippen molar-refractivity contribution in [3.8, 4) is 10.6 Å². The number of carboxylic acids is 1. The van der Waals surface area contributed by atoms with Gasteiger partial charge in [0.05, 0.1) is 11.6 Å². The molecule has 0 radical (unpaired) electrons. The summed E-state index contributed by atoms with van der Waals surface area (Å²) in [5.41, 5.74) is 2.05. The van der Waals surface area contributed by atoms with E-state index in [1.54, 1.807) is 11.3 Å². The van der Waals surface area contributed by atoms with Gasteiger partial charge in [0.15, 0.2) is 0 Å². The number of benzene rings is 1. The Balaban J connectivity index is 1.66. The van der Waals surface area contributed by atoms with E-state index in [1.807, 2.05) is 29.6 Å². The van der Waals surface area contributed by atoms with Crippen LogP contribution >= 0.6 is 22.9 Å². The van der Waals surface area contributed by atoms with Crippen molar-refractivity contribution in [3.63, 3.8) is 0 Å². The molecule has 0 bridgehead atoms. The van der Waals surface area contributed by atoms with Crippen molar-refractivity contribution in [1.29, 1.82) is 0 Å². The van der Waals surface area contributed by atoms with Gasteiger partial charge in [0, 0.05) is 29.1 Å². The summed E-state index contributed by atoms with van der Waals surface area (Å²) in [7, 11) is 0. The van der Waals surface area contributed by atoms with Gasteiger partial charge in [-0.2, -0.15) is 0 Å². The van der Waals surface area contributed by atoms with Crippen molar-refractivity contribution < 1.29 is 9.90 Å². The predicted octanol–water partition coefficient (Wildman–Crippen LogP) is 3.37. The number of carboxylic acid groups (broad SMARTS) is 1. The first-order valence-electron chi connectivity index (χ1n) is 6.77. The molecule has 21 heavy (non-hydrogen) atoms. The molecule has 1 saturated heterocycles. The van der Waals surface area contributed by atoms with Crippen LogP contribution in [-0.4, -0.2) is 34.0 Å². The molecule has 2 aromatic rings. The Labute approximate surface area is 132 Å². The van der Waals surface area contributed by atoms with Crippen molar-refractivity contribution in [1.82, 2.24) is 9.88 Å². The maximum atomic E-state index is 11.0. The summed E-state index contributed by atoms with van der Waals surface area (Å²) < 4.78 is 0. The normalized spacial score (nSPS) is 19.0. The highest BCUT2D eigenvalue weighted by molar-refractivity contribution is 7.13. The fourth-order valence-corrected chi connectivity index (χ4v) is 3.45. The second-order valence-corrected chi connectivity index (χ2v) is 6.50. The highest BCUT2D eigenvalue weighted by Crippen LogP contribution is 2.26. The molecule has 1 aromatic heterocycles. The Morgan fingerprint density at radius 1 is 1.43 bits per heavy atom. The number of hydrogen-bond donors (Lipinski definition) is 1. The van der Waals surface area contributed by atoms with Gasteiger partial charge in [-0.25, -0.2) is 4.98 Å². The van der Waals surface area contributed by atoms with Crippen LogP contribution in [0, 0.1) is 5.92 Å². The lowest BCUT2D eigenvalue weighted by Crippen LogP contribution is -2.22. The van der Waals surface area contributed by atoms with E-state index >= 15 is 0 Å². The number of carbonyl (C=O) groups is 1. The lowest BCUT2D eigenvalue weighted by molar-refractivity contribution is -0.141. The molecule has 1 atom stereocenters. The molecule has 0 aliphatic carbocycles. The zero-order chi connectivity index (χ0) is 14.8. The molecule has 1 aliphatic rings. The summed E-state index contributed by atoms with van der Waals surface area (Å²) >= 11 is 7.49. The summed E-state index contributed by atoms with van der Waals surface area (Å²) in [6, 6.07) is 7.63. The van der Waals surface area contributed by atoms with Crippen LogP contribution in [0.5, 0.6) is 0 Å². The van der Waals surface area contributed by atoms with Gasteiger partial charge in [0.1, 0.15) is 5.01 Å². The van der Waals surface area contributed by atoms with Crippen LogP contribution in [0.3, 0.4) is 0 Å². The van der Waals surface area contributed by atoms with Gasteiger partial charge in [-0.1, -0.05) is 23.7 Å². The second kappa shape index (κ2) is 6.13. The van der Waals surface area contributed by atoms with Gasteiger partial charge in [-0.3, -0.25) is 9.69 Å². The number of likely N-dealkylation sites (tertiary alicyclic amines) is 1.